The number of nitrogens with two attached hydrogens (primary N) is 1. The molecule has 0 aliphatic heterocycles. The number of aromatic nitrogens is 2. The maximum absolute atomic E-state index is 13.5. The van der Waals surface area contributed by atoms with Gasteiger partial charge in [-0.2, -0.15) is 13.5 Å². The molecular weight excluding hydrogens is 295 g/mol. The molecule has 19 heavy (non-hydrogen) atoms. The van der Waals surface area contributed by atoms with Gasteiger partial charge >= 0.3 is 0 Å². The van der Waals surface area contributed by atoms with Gasteiger partial charge in [-0.15, -0.1) is 0 Å². The highest BCUT2D eigenvalue weighted by molar-refractivity contribution is 7.92. The molecule has 2 aromatic rings. The van der Waals surface area contributed by atoms with Crippen LogP contribution in [0.1, 0.15) is 0 Å². The van der Waals surface area contributed by atoms with Crippen LogP contribution in [0.5, 0.6) is 0 Å². The zero-order valence-electron chi connectivity index (χ0n) is 9.76. The second-order valence-corrected chi connectivity index (χ2v) is 5.77. The van der Waals surface area contributed by atoms with Crippen LogP contribution < -0.4 is 10.5 Å². The van der Waals surface area contributed by atoms with E-state index in [1.54, 1.807) is 0 Å². The van der Waals surface area contributed by atoms with Crippen LogP contribution in [-0.4, -0.2) is 18.2 Å². The standard InChI is InChI=1S/C10H10ClFN4O2S/c1-16-10(7(11)5-14-16)19(17,18)15-9-4-6(13)2-3-8(9)12/h2-5,15H,13H2,1H3. The van der Waals surface area contributed by atoms with Crippen LogP contribution in [-0.2, 0) is 17.1 Å². The van der Waals surface area contributed by atoms with Gasteiger partial charge in [-0.3, -0.25) is 9.40 Å². The SMILES string of the molecule is Cn1ncc(Cl)c1S(=O)(=O)Nc1cc(N)ccc1F. The first-order valence-electron chi connectivity index (χ1n) is 5.06. The lowest BCUT2D eigenvalue weighted by Crippen LogP contribution is -2.18. The Morgan fingerprint density at radius 3 is 2.74 bits per heavy atom. The Hall–Kier alpha value is -1.80. The van der Waals surface area contributed by atoms with Crippen molar-refractivity contribution in [2.45, 2.75) is 5.03 Å². The Bertz CT molecular complexity index is 710. The quantitative estimate of drug-likeness (QED) is 0.843. The first-order chi connectivity index (χ1) is 8.81. The number of rotatable bonds is 3. The van der Waals surface area contributed by atoms with E-state index in [4.69, 9.17) is 17.3 Å². The number of halogens is 2. The molecule has 9 heteroatoms. The summed E-state index contributed by atoms with van der Waals surface area (Å²) in [6, 6.07) is 3.57. The largest absolute Gasteiger partial charge is 0.399 e. The molecule has 0 saturated heterocycles. The van der Waals surface area contributed by atoms with Gasteiger partial charge in [0.2, 0.25) is 0 Å². The van der Waals surface area contributed by atoms with Crippen LogP contribution in [0, 0.1) is 5.82 Å². The average molecular weight is 305 g/mol. The van der Waals surface area contributed by atoms with Crippen LogP contribution in [0.15, 0.2) is 29.4 Å². The summed E-state index contributed by atoms with van der Waals surface area (Å²) < 4.78 is 40.9. The van der Waals surface area contributed by atoms with Crippen molar-refractivity contribution >= 4 is 33.0 Å². The molecule has 0 unspecified atom stereocenters. The number of nitrogens with one attached hydrogen (secondary N) is 1. The first kappa shape index (κ1) is 13.6. The van der Waals surface area contributed by atoms with Crippen molar-refractivity contribution in [3.05, 3.63) is 35.2 Å². The molecule has 0 spiro atoms. The summed E-state index contributed by atoms with van der Waals surface area (Å²) in [6.07, 6.45) is 1.19. The van der Waals surface area contributed by atoms with Gasteiger partial charge in [0.1, 0.15) is 5.82 Å². The molecule has 0 fully saturated rings. The van der Waals surface area contributed by atoms with Crippen molar-refractivity contribution in [2.75, 3.05) is 10.5 Å². The lowest BCUT2D eigenvalue weighted by atomic mass is 10.3. The van der Waals surface area contributed by atoms with Crippen molar-refractivity contribution in [3.8, 4) is 0 Å². The summed E-state index contributed by atoms with van der Waals surface area (Å²) in [6.45, 7) is 0. The zero-order valence-corrected chi connectivity index (χ0v) is 11.3. The van der Waals surface area contributed by atoms with Gasteiger partial charge in [0.05, 0.1) is 16.9 Å². The van der Waals surface area contributed by atoms with E-state index in [2.05, 4.69) is 9.82 Å². The van der Waals surface area contributed by atoms with Gasteiger partial charge in [0.25, 0.3) is 10.0 Å². The van der Waals surface area contributed by atoms with E-state index >= 15 is 0 Å². The minimum atomic E-state index is -4.05. The molecule has 1 aromatic carbocycles. The minimum Gasteiger partial charge on any atom is -0.399 e. The second kappa shape index (κ2) is 4.71. The Labute approximate surface area is 114 Å². The first-order valence-corrected chi connectivity index (χ1v) is 6.93. The van der Waals surface area contributed by atoms with Crippen molar-refractivity contribution in [3.63, 3.8) is 0 Å². The highest BCUT2D eigenvalue weighted by atomic mass is 35.5. The van der Waals surface area contributed by atoms with Gasteiger partial charge in [-0.25, -0.2) is 4.39 Å². The summed E-state index contributed by atoms with van der Waals surface area (Å²) in [5.74, 6) is -0.740. The summed E-state index contributed by atoms with van der Waals surface area (Å²) in [5.41, 5.74) is 5.46. The lowest BCUT2D eigenvalue weighted by Gasteiger charge is -2.10. The highest BCUT2D eigenvalue weighted by Gasteiger charge is 2.23. The number of nitrogens with zero attached hydrogens (tertiary/aromatic N) is 2. The fourth-order valence-electron chi connectivity index (χ4n) is 1.52. The van der Waals surface area contributed by atoms with Gasteiger partial charge in [0.15, 0.2) is 5.03 Å². The summed E-state index contributed by atoms with van der Waals surface area (Å²) in [4.78, 5) is 0. The number of hydrogen-bond acceptors (Lipinski definition) is 4. The Kier molecular flexibility index (Phi) is 3.38. The van der Waals surface area contributed by atoms with E-state index < -0.39 is 15.8 Å². The van der Waals surface area contributed by atoms with Crippen LogP contribution in [0.3, 0.4) is 0 Å². The topological polar surface area (TPSA) is 90.0 Å². The predicted octanol–water partition coefficient (Wildman–Crippen LogP) is 1.60. The number of sulfonamides is 1. The van der Waals surface area contributed by atoms with E-state index in [9.17, 15) is 12.8 Å². The lowest BCUT2D eigenvalue weighted by molar-refractivity contribution is 0.580. The molecule has 0 saturated carbocycles. The summed E-state index contributed by atoms with van der Waals surface area (Å²) >= 11 is 5.75. The molecule has 0 amide bonds. The molecule has 1 aromatic heterocycles. The molecule has 0 aliphatic carbocycles. The van der Waals surface area contributed by atoms with Crippen LogP contribution in [0.4, 0.5) is 15.8 Å². The average Bonchev–Trinajstić information content (AvgIpc) is 2.64. The molecule has 6 nitrogen and oxygen atoms in total. The fraction of sp³-hybridized carbons (Fsp3) is 0.100. The maximum atomic E-state index is 13.5. The number of hydrogen-bond donors (Lipinski definition) is 2. The van der Waals surface area contributed by atoms with Gasteiger partial charge in [-0.05, 0) is 18.2 Å². The Balaban J connectivity index is 2.45. The molecule has 1 heterocycles. The van der Waals surface area contributed by atoms with E-state index in [-0.39, 0.29) is 21.4 Å². The van der Waals surface area contributed by atoms with Crippen molar-refractivity contribution < 1.29 is 12.8 Å². The number of aryl methyl sites for hydroxylation is 1. The molecule has 0 bridgehead atoms. The number of nitrogen functional groups attached to an aromatic ring is 1. The third-order valence-electron chi connectivity index (χ3n) is 2.33. The molecular formula is C10H10ClFN4O2S. The predicted molar refractivity (Wildman–Crippen MR) is 69.8 cm³/mol. The van der Waals surface area contributed by atoms with E-state index in [1.165, 1.54) is 25.4 Å². The minimum absolute atomic E-state index is 0.0562. The van der Waals surface area contributed by atoms with E-state index in [0.29, 0.717) is 0 Å². The molecule has 3 N–H and O–H groups in total. The van der Waals surface area contributed by atoms with E-state index in [0.717, 1.165) is 10.7 Å². The smallest absolute Gasteiger partial charge is 0.280 e. The Morgan fingerprint density at radius 2 is 2.16 bits per heavy atom. The number of benzene rings is 1. The third kappa shape index (κ3) is 2.64. The van der Waals surface area contributed by atoms with Gasteiger partial charge in [0, 0.05) is 12.7 Å². The van der Waals surface area contributed by atoms with Crippen LogP contribution in [0.25, 0.3) is 0 Å². The van der Waals surface area contributed by atoms with Crippen molar-refractivity contribution in [1.82, 2.24) is 9.78 Å². The fourth-order valence-corrected chi connectivity index (χ4v) is 3.23. The van der Waals surface area contributed by atoms with Crippen LogP contribution in [0.2, 0.25) is 5.02 Å². The normalized spacial score (nSPS) is 11.5. The van der Waals surface area contributed by atoms with Crippen molar-refractivity contribution in [1.29, 1.82) is 0 Å². The Morgan fingerprint density at radius 1 is 1.47 bits per heavy atom. The second-order valence-electron chi connectivity index (χ2n) is 3.77. The molecule has 102 valence electrons. The zero-order chi connectivity index (χ0) is 14.2. The third-order valence-corrected chi connectivity index (χ3v) is 4.20. The molecule has 0 radical (unpaired) electrons. The van der Waals surface area contributed by atoms with Crippen molar-refractivity contribution in [2.24, 2.45) is 7.05 Å². The summed E-state index contributed by atoms with van der Waals surface area (Å²) in [5, 5.41) is 3.40. The highest BCUT2D eigenvalue weighted by Crippen LogP contribution is 2.25. The monoisotopic (exact) mass is 304 g/mol. The van der Waals surface area contributed by atoms with Gasteiger partial charge < -0.3 is 5.73 Å². The molecule has 0 atom stereocenters. The summed E-state index contributed by atoms with van der Waals surface area (Å²) in [7, 11) is -2.63. The molecule has 0 aliphatic rings. The molecule has 2 rings (SSSR count). The van der Waals surface area contributed by atoms with E-state index in [1.807, 2.05) is 0 Å². The maximum Gasteiger partial charge on any atom is 0.280 e. The van der Waals surface area contributed by atoms with Gasteiger partial charge in [-0.1, -0.05) is 11.6 Å². The number of anilines is 2. The van der Waals surface area contributed by atoms with Crippen LogP contribution >= 0.6 is 11.6 Å².